The second-order valence-corrected chi connectivity index (χ2v) is 6.04. The van der Waals surface area contributed by atoms with Gasteiger partial charge in [0.15, 0.2) is 15.8 Å². The van der Waals surface area contributed by atoms with Crippen molar-refractivity contribution in [3.63, 3.8) is 0 Å². The first kappa shape index (κ1) is 9.76. The Bertz CT molecular complexity index is 336. The zero-order valence-electron chi connectivity index (χ0n) is 7.99. The molecule has 5 nitrogen and oxygen atoms in total. The van der Waals surface area contributed by atoms with Crippen LogP contribution in [0.1, 0.15) is 6.42 Å². The molecule has 0 saturated carbocycles. The SMILES string of the molecule is O=S1(=O)CCC(CNC2=NCCN2)C1. The third kappa shape index (κ3) is 2.37. The van der Waals surface area contributed by atoms with Crippen LogP contribution in [0.15, 0.2) is 4.99 Å². The van der Waals surface area contributed by atoms with Crippen molar-refractivity contribution in [2.75, 3.05) is 31.1 Å². The molecule has 14 heavy (non-hydrogen) atoms. The normalized spacial score (nSPS) is 29.7. The maximum atomic E-state index is 11.2. The van der Waals surface area contributed by atoms with E-state index >= 15 is 0 Å². The van der Waals surface area contributed by atoms with Gasteiger partial charge in [-0.05, 0) is 12.3 Å². The molecule has 0 bridgehead atoms. The van der Waals surface area contributed by atoms with Crippen molar-refractivity contribution in [2.45, 2.75) is 6.42 Å². The summed E-state index contributed by atoms with van der Waals surface area (Å²) in [5.41, 5.74) is 0. The Hall–Kier alpha value is -0.780. The topological polar surface area (TPSA) is 70.6 Å². The minimum atomic E-state index is -2.74. The first-order valence-corrected chi connectivity index (χ1v) is 6.70. The van der Waals surface area contributed by atoms with Crippen LogP contribution in [0, 0.1) is 5.92 Å². The molecule has 2 N–H and O–H groups in total. The molecule has 0 aromatic rings. The average molecular weight is 217 g/mol. The zero-order valence-corrected chi connectivity index (χ0v) is 8.81. The van der Waals surface area contributed by atoms with Gasteiger partial charge < -0.3 is 10.6 Å². The fourth-order valence-corrected chi connectivity index (χ4v) is 3.65. The van der Waals surface area contributed by atoms with E-state index in [4.69, 9.17) is 0 Å². The monoisotopic (exact) mass is 217 g/mol. The maximum absolute atomic E-state index is 11.2. The van der Waals surface area contributed by atoms with Gasteiger partial charge in [-0.3, -0.25) is 4.99 Å². The van der Waals surface area contributed by atoms with Gasteiger partial charge in [-0.15, -0.1) is 0 Å². The van der Waals surface area contributed by atoms with Gasteiger partial charge >= 0.3 is 0 Å². The van der Waals surface area contributed by atoms with E-state index in [1.165, 1.54) is 0 Å². The van der Waals surface area contributed by atoms with Gasteiger partial charge in [-0.1, -0.05) is 0 Å². The second-order valence-electron chi connectivity index (χ2n) is 3.81. The lowest BCUT2D eigenvalue weighted by Crippen LogP contribution is -2.37. The van der Waals surface area contributed by atoms with E-state index in [1.54, 1.807) is 0 Å². The predicted molar refractivity (Wildman–Crippen MR) is 55.1 cm³/mol. The molecule has 80 valence electrons. The van der Waals surface area contributed by atoms with Crippen LogP contribution in [0.4, 0.5) is 0 Å². The first-order valence-electron chi connectivity index (χ1n) is 4.88. The van der Waals surface area contributed by atoms with Crippen LogP contribution in [0.25, 0.3) is 0 Å². The highest BCUT2D eigenvalue weighted by molar-refractivity contribution is 7.91. The maximum Gasteiger partial charge on any atom is 0.191 e. The minimum absolute atomic E-state index is 0.255. The van der Waals surface area contributed by atoms with Crippen LogP contribution in [0.2, 0.25) is 0 Å². The molecule has 6 heteroatoms. The number of nitrogens with zero attached hydrogens (tertiary/aromatic N) is 1. The molecule has 0 aromatic carbocycles. The first-order chi connectivity index (χ1) is 6.66. The smallest absolute Gasteiger partial charge is 0.191 e. The number of hydrogen-bond donors (Lipinski definition) is 2. The predicted octanol–water partition coefficient (Wildman–Crippen LogP) is -1.03. The van der Waals surface area contributed by atoms with E-state index in [9.17, 15) is 8.42 Å². The highest BCUT2D eigenvalue weighted by Gasteiger charge is 2.27. The Morgan fingerprint density at radius 2 is 2.43 bits per heavy atom. The summed E-state index contributed by atoms with van der Waals surface area (Å²) in [6.45, 7) is 2.40. The van der Waals surface area contributed by atoms with E-state index in [0.29, 0.717) is 18.1 Å². The Kier molecular flexibility index (Phi) is 2.62. The molecule has 1 unspecified atom stereocenters. The highest BCUT2D eigenvalue weighted by atomic mass is 32.2. The van der Waals surface area contributed by atoms with Crippen LogP contribution < -0.4 is 10.6 Å². The second kappa shape index (κ2) is 3.76. The van der Waals surface area contributed by atoms with Crippen molar-refractivity contribution in [1.82, 2.24) is 10.6 Å². The van der Waals surface area contributed by atoms with Gasteiger partial charge in [0.25, 0.3) is 0 Å². The molecule has 1 saturated heterocycles. The lowest BCUT2D eigenvalue weighted by molar-refractivity contribution is 0.570. The number of hydrogen-bond acceptors (Lipinski definition) is 5. The summed E-state index contributed by atoms with van der Waals surface area (Å²) in [6, 6.07) is 0. The number of sulfone groups is 1. The van der Waals surface area contributed by atoms with Crippen LogP contribution in [-0.2, 0) is 9.84 Å². The Morgan fingerprint density at radius 1 is 1.57 bits per heavy atom. The third-order valence-electron chi connectivity index (χ3n) is 2.56. The molecule has 2 aliphatic rings. The molecule has 1 fully saturated rings. The minimum Gasteiger partial charge on any atom is -0.356 e. The summed E-state index contributed by atoms with van der Waals surface area (Å²) in [6.07, 6.45) is 0.780. The van der Waals surface area contributed by atoms with Crippen molar-refractivity contribution in [1.29, 1.82) is 0 Å². The number of aliphatic imine (C=N–C) groups is 1. The van der Waals surface area contributed by atoms with Gasteiger partial charge in [0.05, 0.1) is 18.1 Å². The third-order valence-corrected chi connectivity index (χ3v) is 4.40. The molecular formula is C8H15N3O2S. The van der Waals surface area contributed by atoms with Crippen molar-refractivity contribution >= 4 is 15.8 Å². The van der Waals surface area contributed by atoms with E-state index in [-0.39, 0.29) is 5.92 Å². The molecule has 2 aliphatic heterocycles. The average Bonchev–Trinajstić information content (AvgIpc) is 2.70. The van der Waals surface area contributed by atoms with Crippen LogP contribution in [0.3, 0.4) is 0 Å². The van der Waals surface area contributed by atoms with Gasteiger partial charge in [0.2, 0.25) is 0 Å². The standard InChI is InChI=1S/C8H15N3O2S/c12-14(13)4-1-7(6-14)5-11-8-9-2-3-10-8/h7H,1-6H2,(H2,9,10,11). The number of nitrogens with one attached hydrogen (secondary N) is 2. The van der Waals surface area contributed by atoms with Crippen molar-refractivity contribution in [3.05, 3.63) is 0 Å². The lowest BCUT2D eigenvalue weighted by atomic mass is 10.1. The summed E-state index contributed by atoms with van der Waals surface area (Å²) in [4.78, 5) is 4.18. The summed E-state index contributed by atoms with van der Waals surface area (Å²) < 4.78 is 22.3. The fourth-order valence-electron chi connectivity index (χ4n) is 1.79. The summed E-state index contributed by atoms with van der Waals surface area (Å²) in [7, 11) is -2.74. The van der Waals surface area contributed by atoms with Crippen LogP contribution in [-0.4, -0.2) is 45.5 Å². The quantitative estimate of drug-likeness (QED) is 0.620. The van der Waals surface area contributed by atoms with Crippen molar-refractivity contribution in [3.8, 4) is 0 Å². The zero-order chi connectivity index (χ0) is 10.0. The van der Waals surface area contributed by atoms with Crippen molar-refractivity contribution < 1.29 is 8.42 Å². The Balaban J connectivity index is 1.77. The van der Waals surface area contributed by atoms with E-state index in [2.05, 4.69) is 15.6 Å². The summed E-state index contributed by atoms with van der Waals surface area (Å²) in [5.74, 6) is 1.74. The van der Waals surface area contributed by atoms with Crippen LogP contribution in [0.5, 0.6) is 0 Å². The Morgan fingerprint density at radius 3 is 3.00 bits per heavy atom. The lowest BCUT2D eigenvalue weighted by Gasteiger charge is -2.10. The van der Waals surface area contributed by atoms with E-state index in [1.807, 2.05) is 0 Å². The number of guanidine groups is 1. The molecule has 2 rings (SSSR count). The molecule has 0 aromatic heterocycles. The molecule has 0 aliphatic carbocycles. The molecule has 1 atom stereocenters. The molecular weight excluding hydrogens is 202 g/mol. The van der Waals surface area contributed by atoms with Gasteiger partial charge in [-0.2, -0.15) is 0 Å². The molecule has 0 amide bonds. The highest BCUT2D eigenvalue weighted by Crippen LogP contribution is 2.17. The van der Waals surface area contributed by atoms with Crippen molar-refractivity contribution in [2.24, 2.45) is 10.9 Å². The summed E-state index contributed by atoms with van der Waals surface area (Å²) >= 11 is 0. The number of rotatable bonds is 2. The van der Waals surface area contributed by atoms with Gasteiger partial charge in [0, 0.05) is 13.1 Å². The van der Waals surface area contributed by atoms with E-state index in [0.717, 1.165) is 25.5 Å². The molecule has 0 spiro atoms. The molecule has 2 heterocycles. The fraction of sp³-hybridized carbons (Fsp3) is 0.875. The Labute approximate surface area is 83.9 Å². The van der Waals surface area contributed by atoms with E-state index < -0.39 is 9.84 Å². The van der Waals surface area contributed by atoms with Gasteiger partial charge in [0.1, 0.15) is 0 Å². The largest absolute Gasteiger partial charge is 0.356 e. The summed E-state index contributed by atoms with van der Waals surface area (Å²) in [5, 5.41) is 6.23. The van der Waals surface area contributed by atoms with Gasteiger partial charge in [-0.25, -0.2) is 8.42 Å². The van der Waals surface area contributed by atoms with Crippen LogP contribution >= 0.6 is 0 Å². The molecule has 0 radical (unpaired) electrons.